The summed E-state index contributed by atoms with van der Waals surface area (Å²) in [7, 11) is 3.47. The molecule has 1 amide bonds. The van der Waals surface area contributed by atoms with Gasteiger partial charge in [-0.3, -0.25) is 9.78 Å². The number of nitrogens with one attached hydrogen (secondary N) is 1. The van der Waals surface area contributed by atoms with Crippen LogP contribution in [-0.4, -0.2) is 36.4 Å². The number of hydrogen-bond donors (Lipinski definition) is 1. The van der Waals surface area contributed by atoms with E-state index in [2.05, 4.69) is 17.2 Å². The summed E-state index contributed by atoms with van der Waals surface area (Å²) in [5.74, 6) is 1.53. The van der Waals surface area contributed by atoms with Crippen LogP contribution in [0.1, 0.15) is 30.3 Å². The molecule has 4 nitrogen and oxygen atoms in total. The Kier molecular flexibility index (Phi) is 3.84. The Morgan fingerprint density at radius 2 is 2.28 bits per heavy atom. The van der Waals surface area contributed by atoms with Crippen molar-refractivity contribution in [2.24, 2.45) is 11.8 Å². The molecule has 1 aliphatic carbocycles. The molecule has 18 heavy (non-hydrogen) atoms. The number of anilines is 1. The lowest BCUT2D eigenvalue weighted by Crippen LogP contribution is -2.23. The second kappa shape index (κ2) is 5.38. The van der Waals surface area contributed by atoms with Crippen molar-refractivity contribution >= 4 is 11.6 Å². The van der Waals surface area contributed by atoms with Gasteiger partial charge in [0.1, 0.15) is 5.69 Å². The highest BCUT2D eigenvalue weighted by atomic mass is 16.2. The molecule has 1 heterocycles. The Morgan fingerprint density at radius 1 is 1.56 bits per heavy atom. The predicted molar refractivity (Wildman–Crippen MR) is 72.6 cm³/mol. The molecule has 1 N–H and O–H groups in total. The average molecular weight is 247 g/mol. The van der Waals surface area contributed by atoms with E-state index < -0.39 is 0 Å². The predicted octanol–water partition coefficient (Wildman–Crippen LogP) is 2.24. The zero-order valence-electron chi connectivity index (χ0n) is 11.3. The van der Waals surface area contributed by atoms with Gasteiger partial charge in [0.15, 0.2) is 0 Å². The number of aromatic nitrogens is 1. The fraction of sp³-hybridized carbons (Fsp3) is 0.571. The second-order valence-corrected chi connectivity index (χ2v) is 5.32. The van der Waals surface area contributed by atoms with E-state index >= 15 is 0 Å². The molecule has 1 unspecified atom stereocenters. The summed E-state index contributed by atoms with van der Waals surface area (Å²) in [5.41, 5.74) is 1.46. The van der Waals surface area contributed by atoms with Crippen LogP contribution in [0.15, 0.2) is 18.3 Å². The maximum atomic E-state index is 11.8. The van der Waals surface area contributed by atoms with E-state index in [1.54, 1.807) is 25.2 Å². The first-order valence-corrected chi connectivity index (χ1v) is 6.49. The van der Waals surface area contributed by atoms with E-state index in [4.69, 9.17) is 0 Å². The molecular weight excluding hydrogens is 226 g/mol. The number of pyridine rings is 1. The number of carbonyl (C=O) groups excluding carboxylic acids is 1. The second-order valence-electron chi connectivity index (χ2n) is 5.32. The minimum Gasteiger partial charge on any atom is -0.385 e. The molecular formula is C14H21N3O. The van der Waals surface area contributed by atoms with Gasteiger partial charge in [-0.2, -0.15) is 0 Å². The van der Waals surface area contributed by atoms with Crippen LogP contribution in [0.25, 0.3) is 0 Å². The maximum Gasteiger partial charge on any atom is 0.272 e. The standard InChI is InChI=1S/C14H21N3O/c1-10(11-4-5-11)9-16-12-6-7-15-13(8-12)14(18)17(2)3/h6-8,10-11H,4-5,9H2,1-3H3,(H,15,16). The number of amides is 1. The van der Waals surface area contributed by atoms with E-state index in [9.17, 15) is 4.79 Å². The Morgan fingerprint density at radius 3 is 2.89 bits per heavy atom. The molecule has 0 bridgehead atoms. The average Bonchev–Trinajstić information content (AvgIpc) is 3.19. The Bertz CT molecular complexity index is 427. The van der Waals surface area contributed by atoms with Crippen LogP contribution < -0.4 is 5.32 Å². The van der Waals surface area contributed by atoms with Gasteiger partial charge in [0.25, 0.3) is 5.91 Å². The number of hydrogen-bond acceptors (Lipinski definition) is 3. The summed E-state index contributed by atoms with van der Waals surface area (Å²) < 4.78 is 0. The molecule has 1 aliphatic rings. The van der Waals surface area contributed by atoms with E-state index in [-0.39, 0.29) is 5.91 Å². The summed E-state index contributed by atoms with van der Waals surface area (Å²) >= 11 is 0. The van der Waals surface area contributed by atoms with Crippen LogP contribution in [0.5, 0.6) is 0 Å². The molecule has 98 valence electrons. The van der Waals surface area contributed by atoms with Crippen LogP contribution in [0.3, 0.4) is 0 Å². The van der Waals surface area contributed by atoms with Crippen molar-refractivity contribution in [3.05, 3.63) is 24.0 Å². The van der Waals surface area contributed by atoms with Gasteiger partial charge >= 0.3 is 0 Å². The van der Waals surface area contributed by atoms with Crippen LogP contribution in [0.2, 0.25) is 0 Å². The lowest BCUT2D eigenvalue weighted by Gasteiger charge is -2.14. The highest BCUT2D eigenvalue weighted by Crippen LogP contribution is 2.36. The fourth-order valence-corrected chi connectivity index (χ4v) is 2.00. The van der Waals surface area contributed by atoms with Crippen molar-refractivity contribution in [3.8, 4) is 0 Å². The van der Waals surface area contributed by atoms with Gasteiger partial charge in [-0.15, -0.1) is 0 Å². The van der Waals surface area contributed by atoms with Crippen LogP contribution >= 0.6 is 0 Å². The van der Waals surface area contributed by atoms with Crippen LogP contribution in [0, 0.1) is 11.8 Å². The third-order valence-electron chi connectivity index (χ3n) is 3.44. The van der Waals surface area contributed by atoms with Crippen molar-refractivity contribution in [1.29, 1.82) is 0 Å². The van der Waals surface area contributed by atoms with Crippen molar-refractivity contribution in [2.75, 3.05) is 26.0 Å². The van der Waals surface area contributed by atoms with Gasteiger partial charge in [0.05, 0.1) is 0 Å². The minimum atomic E-state index is -0.0612. The quantitative estimate of drug-likeness (QED) is 0.868. The van der Waals surface area contributed by atoms with Crippen molar-refractivity contribution in [3.63, 3.8) is 0 Å². The fourth-order valence-electron chi connectivity index (χ4n) is 2.00. The largest absolute Gasteiger partial charge is 0.385 e. The van der Waals surface area contributed by atoms with Gasteiger partial charge in [-0.05, 0) is 36.8 Å². The first-order chi connectivity index (χ1) is 8.58. The molecule has 2 rings (SSSR count). The van der Waals surface area contributed by atoms with Crippen LogP contribution in [0.4, 0.5) is 5.69 Å². The molecule has 0 aliphatic heterocycles. The molecule has 1 atom stereocenters. The molecule has 0 aromatic carbocycles. The molecule has 1 saturated carbocycles. The van der Waals surface area contributed by atoms with Crippen molar-refractivity contribution in [1.82, 2.24) is 9.88 Å². The molecule has 0 radical (unpaired) electrons. The lowest BCUT2D eigenvalue weighted by atomic mass is 10.1. The molecule has 1 aromatic heterocycles. The van der Waals surface area contributed by atoms with E-state index in [0.29, 0.717) is 11.6 Å². The van der Waals surface area contributed by atoms with E-state index in [1.165, 1.54) is 12.8 Å². The zero-order chi connectivity index (χ0) is 13.1. The summed E-state index contributed by atoms with van der Waals surface area (Å²) in [6, 6.07) is 3.73. The molecule has 1 fully saturated rings. The molecule has 0 spiro atoms. The third-order valence-corrected chi connectivity index (χ3v) is 3.44. The number of carbonyl (C=O) groups is 1. The summed E-state index contributed by atoms with van der Waals surface area (Å²) in [5, 5.41) is 3.39. The normalized spacial score (nSPS) is 16.2. The first-order valence-electron chi connectivity index (χ1n) is 6.49. The summed E-state index contributed by atoms with van der Waals surface area (Å²) in [6.07, 6.45) is 4.41. The lowest BCUT2D eigenvalue weighted by molar-refractivity contribution is 0.0822. The summed E-state index contributed by atoms with van der Waals surface area (Å²) in [4.78, 5) is 17.4. The third kappa shape index (κ3) is 3.22. The highest BCUT2D eigenvalue weighted by Gasteiger charge is 2.27. The van der Waals surface area contributed by atoms with Crippen molar-refractivity contribution in [2.45, 2.75) is 19.8 Å². The maximum absolute atomic E-state index is 11.8. The van der Waals surface area contributed by atoms with Crippen molar-refractivity contribution < 1.29 is 4.79 Å². The highest BCUT2D eigenvalue weighted by molar-refractivity contribution is 5.92. The Hall–Kier alpha value is -1.58. The van der Waals surface area contributed by atoms with Gasteiger partial charge in [0, 0.05) is 32.5 Å². The minimum absolute atomic E-state index is 0.0612. The number of nitrogens with zero attached hydrogens (tertiary/aromatic N) is 2. The van der Waals surface area contributed by atoms with E-state index in [1.807, 2.05) is 12.1 Å². The van der Waals surface area contributed by atoms with Gasteiger partial charge in [-0.1, -0.05) is 6.92 Å². The molecule has 4 heteroatoms. The van der Waals surface area contributed by atoms with Gasteiger partial charge in [0.2, 0.25) is 0 Å². The SMILES string of the molecule is CC(CNc1ccnc(C(=O)N(C)C)c1)C1CC1. The summed E-state index contributed by atoms with van der Waals surface area (Å²) in [6.45, 7) is 3.24. The molecule has 1 aromatic rings. The molecule has 0 saturated heterocycles. The van der Waals surface area contributed by atoms with E-state index in [0.717, 1.165) is 18.2 Å². The number of rotatable bonds is 5. The monoisotopic (exact) mass is 247 g/mol. The smallest absolute Gasteiger partial charge is 0.272 e. The topological polar surface area (TPSA) is 45.2 Å². The first kappa shape index (κ1) is 12.9. The van der Waals surface area contributed by atoms with Gasteiger partial charge < -0.3 is 10.2 Å². The zero-order valence-corrected chi connectivity index (χ0v) is 11.3. The Balaban J connectivity index is 1.96. The Labute approximate surface area is 108 Å². The van der Waals surface area contributed by atoms with Crippen LogP contribution in [-0.2, 0) is 0 Å². The van der Waals surface area contributed by atoms with Gasteiger partial charge in [-0.25, -0.2) is 0 Å².